The van der Waals surface area contributed by atoms with E-state index in [1.807, 2.05) is 0 Å². The molecule has 2 rings (SSSR count). The summed E-state index contributed by atoms with van der Waals surface area (Å²) in [5.74, 6) is 4.17. The van der Waals surface area contributed by atoms with Crippen LogP contribution >= 0.6 is 0 Å². The summed E-state index contributed by atoms with van der Waals surface area (Å²) >= 11 is 0. The van der Waals surface area contributed by atoms with Crippen molar-refractivity contribution in [2.75, 3.05) is 0 Å². The molecule has 2 aliphatic rings. The third-order valence-corrected chi connectivity index (χ3v) is 5.76. The fourth-order valence-electron chi connectivity index (χ4n) is 4.71. The highest BCUT2D eigenvalue weighted by Crippen LogP contribution is 2.45. The normalized spacial score (nSPS) is 40.9. The van der Waals surface area contributed by atoms with Gasteiger partial charge in [0, 0.05) is 0 Å². The first-order chi connectivity index (χ1) is 9.11. The van der Waals surface area contributed by atoms with Gasteiger partial charge in [-0.3, -0.25) is 0 Å². The molecular formula is C17H31NO. The van der Waals surface area contributed by atoms with Crippen LogP contribution in [0.2, 0.25) is 0 Å². The van der Waals surface area contributed by atoms with E-state index in [-0.39, 0.29) is 6.04 Å². The Morgan fingerprint density at radius 1 is 1.00 bits per heavy atom. The van der Waals surface area contributed by atoms with Gasteiger partial charge in [-0.1, -0.05) is 51.6 Å². The second-order valence-electron chi connectivity index (χ2n) is 7.53. The van der Waals surface area contributed by atoms with E-state index >= 15 is 0 Å². The largest absolute Gasteiger partial charge is 0.151 e. The van der Waals surface area contributed by atoms with Crippen molar-refractivity contribution in [2.24, 2.45) is 34.8 Å². The van der Waals surface area contributed by atoms with E-state index in [1.165, 1.54) is 38.5 Å². The Hall–Kier alpha value is -0.400. The third-order valence-electron chi connectivity index (χ3n) is 5.76. The standard InChI is InChI=1S/C17H31NO/c1-12(2)17-10-13(3)6-4-9-16(17)14-7-5-8-15(11-14)18-19/h12-17H,4-11H2,1-3H3. The quantitative estimate of drug-likeness (QED) is 0.495. The Kier molecular flexibility index (Phi) is 5.41. The van der Waals surface area contributed by atoms with E-state index < -0.39 is 0 Å². The summed E-state index contributed by atoms with van der Waals surface area (Å²) in [4.78, 5) is 10.9. The highest BCUT2D eigenvalue weighted by atomic mass is 16.3. The van der Waals surface area contributed by atoms with Crippen molar-refractivity contribution in [2.45, 2.75) is 78.2 Å². The molecule has 0 N–H and O–H groups in total. The molecule has 0 aromatic carbocycles. The lowest BCUT2D eigenvalue weighted by atomic mass is 9.67. The van der Waals surface area contributed by atoms with Gasteiger partial charge in [0.15, 0.2) is 0 Å². The second kappa shape index (κ2) is 6.85. The maximum absolute atomic E-state index is 10.9. The molecule has 5 unspecified atom stereocenters. The van der Waals surface area contributed by atoms with Gasteiger partial charge in [-0.2, -0.15) is 4.91 Å². The van der Waals surface area contributed by atoms with E-state index in [9.17, 15) is 4.91 Å². The molecule has 2 heteroatoms. The molecule has 0 saturated heterocycles. The van der Waals surface area contributed by atoms with Crippen LogP contribution in [0, 0.1) is 34.5 Å². The van der Waals surface area contributed by atoms with Gasteiger partial charge < -0.3 is 0 Å². The van der Waals surface area contributed by atoms with Gasteiger partial charge in [-0.25, -0.2) is 0 Å². The summed E-state index contributed by atoms with van der Waals surface area (Å²) in [6, 6.07) is 0.118. The van der Waals surface area contributed by atoms with Crippen molar-refractivity contribution < 1.29 is 0 Å². The third kappa shape index (κ3) is 3.79. The van der Waals surface area contributed by atoms with Gasteiger partial charge in [-0.15, -0.1) is 0 Å². The number of nitroso groups, excluding NO2 is 1. The van der Waals surface area contributed by atoms with Crippen LogP contribution in [0.5, 0.6) is 0 Å². The Balaban J connectivity index is 2.07. The summed E-state index contributed by atoms with van der Waals surface area (Å²) in [6.45, 7) is 7.22. The zero-order chi connectivity index (χ0) is 13.8. The molecule has 0 aliphatic heterocycles. The maximum atomic E-state index is 10.9. The molecule has 0 amide bonds. The van der Waals surface area contributed by atoms with Gasteiger partial charge in [0.05, 0.1) is 6.04 Å². The van der Waals surface area contributed by atoms with E-state index in [1.54, 1.807) is 0 Å². The van der Waals surface area contributed by atoms with E-state index in [0.29, 0.717) is 0 Å². The monoisotopic (exact) mass is 265 g/mol. The molecule has 2 nitrogen and oxygen atoms in total. The highest BCUT2D eigenvalue weighted by Gasteiger charge is 2.36. The van der Waals surface area contributed by atoms with Crippen molar-refractivity contribution in [1.82, 2.24) is 0 Å². The minimum Gasteiger partial charge on any atom is -0.151 e. The molecule has 110 valence electrons. The number of rotatable bonds is 3. The predicted molar refractivity (Wildman–Crippen MR) is 81.0 cm³/mol. The number of nitrogens with zero attached hydrogens (tertiary/aromatic N) is 1. The zero-order valence-corrected chi connectivity index (χ0v) is 13.0. The van der Waals surface area contributed by atoms with Crippen LogP contribution < -0.4 is 0 Å². The smallest absolute Gasteiger partial charge is 0.0922 e. The fourth-order valence-corrected chi connectivity index (χ4v) is 4.71. The lowest BCUT2D eigenvalue weighted by Crippen LogP contribution is -2.31. The van der Waals surface area contributed by atoms with Gasteiger partial charge >= 0.3 is 0 Å². The molecular weight excluding hydrogens is 234 g/mol. The molecule has 0 radical (unpaired) electrons. The van der Waals surface area contributed by atoms with Crippen LogP contribution in [0.1, 0.15) is 72.1 Å². The Bertz CT molecular complexity index is 289. The average Bonchev–Trinajstić information content (AvgIpc) is 2.60. The Morgan fingerprint density at radius 2 is 1.74 bits per heavy atom. The van der Waals surface area contributed by atoms with Gasteiger partial charge in [0.2, 0.25) is 0 Å². The SMILES string of the molecule is CC1CCCC(C2CCCC(N=O)C2)C(C(C)C)C1. The van der Waals surface area contributed by atoms with Crippen LogP contribution in [0.3, 0.4) is 0 Å². The Labute approximate surface area is 118 Å². The first kappa shape index (κ1) is 15.0. The van der Waals surface area contributed by atoms with E-state index in [2.05, 4.69) is 25.9 Å². The molecule has 2 fully saturated rings. The van der Waals surface area contributed by atoms with Crippen LogP contribution in [0.25, 0.3) is 0 Å². The van der Waals surface area contributed by atoms with Crippen LogP contribution in [0.4, 0.5) is 0 Å². The van der Waals surface area contributed by atoms with Gasteiger partial charge in [-0.05, 0) is 55.3 Å². The molecule has 0 aromatic heterocycles. The summed E-state index contributed by atoms with van der Waals surface area (Å²) in [6.07, 6.45) is 10.3. The van der Waals surface area contributed by atoms with E-state index in [0.717, 1.165) is 42.4 Å². The molecule has 19 heavy (non-hydrogen) atoms. The molecule has 0 bridgehead atoms. The van der Waals surface area contributed by atoms with Gasteiger partial charge in [0.25, 0.3) is 0 Å². The zero-order valence-electron chi connectivity index (χ0n) is 13.0. The van der Waals surface area contributed by atoms with Crippen molar-refractivity contribution in [3.05, 3.63) is 4.91 Å². The van der Waals surface area contributed by atoms with Crippen LogP contribution in [-0.2, 0) is 0 Å². The minimum absolute atomic E-state index is 0.118. The Morgan fingerprint density at radius 3 is 2.42 bits per heavy atom. The van der Waals surface area contributed by atoms with E-state index in [4.69, 9.17) is 0 Å². The summed E-state index contributed by atoms with van der Waals surface area (Å²) < 4.78 is 0. The lowest BCUT2D eigenvalue weighted by molar-refractivity contribution is 0.121. The van der Waals surface area contributed by atoms with Crippen LogP contribution in [-0.4, -0.2) is 6.04 Å². The number of hydrogen-bond donors (Lipinski definition) is 0. The minimum atomic E-state index is 0.118. The van der Waals surface area contributed by atoms with Gasteiger partial charge in [0.1, 0.15) is 0 Å². The predicted octanol–water partition coefficient (Wildman–Crippen LogP) is 5.41. The number of hydrogen-bond acceptors (Lipinski definition) is 2. The highest BCUT2D eigenvalue weighted by molar-refractivity contribution is 4.88. The van der Waals surface area contributed by atoms with Crippen LogP contribution in [0.15, 0.2) is 5.18 Å². The average molecular weight is 265 g/mol. The second-order valence-corrected chi connectivity index (χ2v) is 7.53. The lowest BCUT2D eigenvalue weighted by Gasteiger charge is -2.38. The molecule has 0 spiro atoms. The van der Waals surface area contributed by atoms with Crippen molar-refractivity contribution in [1.29, 1.82) is 0 Å². The van der Waals surface area contributed by atoms with Crippen molar-refractivity contribution in [3.63, 3.8) is 0 Å². The molecule has 0 aromatic rings. The summed E-state index contributed by atoms with van der Waals surface area (Å²) in [7, 11) is 0. The summed E-state index contributed by atoms with van der Waals surface area (Å²) in [5, 5.41) is 3.35. The fraction of sp³-hybridized carbons (Fsp3) is 1.00. The van der Waals surface area contributed by atoms with Crippen molar-refractivity contribution in [3.8, 4) is 0 Å². The molecule has 0 heterocycles. The molecule has 2 aliphatic carbocycles. The topological polar surface area (TPSA) is 29.4 Å². The molecule has 5 atom stereocenters. The first-order valence-corrected chi connectivity index (χ1v) is 8.44. The molecule has 2 saturated carbocycles. The van der Waals surface area contributed by atoms with Crippen molar-refractivity contribution >= 4 is 0 Å². The first-order valence-electron chi connectivity index (χ1n) is 8.44. The summed E-state index contributed by atoms with van der Waals surface area (Å²) in [5.41, 5.74) is 0. The maximum Gasteiger partial charge on any atom is 0.0922 e.